The highest BCUT2D eigenvalue weighted by atomic mass is 35.5. The first-order valence-corrected chi connectivity index (χ1v) is 6.14. The Kier molecular flexibility index (Phi) is 4.36. The molecule has 2 aromatic rings. The normalized spacial score (nSPS) is 9.95. The molecule has 5 nitrogen and oxygen atoms in total. The molecule has 0 saturated carbocycles. The van der Waals surface area contributed by atoms with E-state index < -0.39 is 10.7 Å². The Bertz CT molecular complexity index is 743. The number of benzene rings is 2. The Morgan fingerprint density at radius 3 is 2.76 bits per heavy atom. The lowest BCUT2D eigenvalue weighted by molar-refractivity contribution is -0.385. The topological polar surface area (TPSA) is 76.2 Å². The van der Waals surface area contributed by atoms with Crippen LogP contribution in [0.15, 0.2) is 36.4 Å². The molecule has 7 heteroatoms. The monoisotopic (exact) mass is 306 g/mol. The van der Waals surface area contributed by atoms with Crippen LogP contribution in [-0.4, -0.2) is 4.92 Å². The van der Waals surface area contributed by atoms with Crippen molar-refractivity contribution >= 4 is 17.3 Å². The molecule has 0 N–H and O–H groups in total. The van der Waals surface area contributed by atoms with Gasteiger partial charge < -0.3 is 4.74 Å². The Morgan fingerprint density at radius 1 is 1.33 bits per heavy atom. The number of nitrogens with zero attached hydrogens (tertiary/aromatic N) is 2. The van der Waals surface area contributed by atoms with E-state index in [1.807, 2.05) is 0 Å². The molecule has 0 aliphatic heterocycles. The first-order chi connectivity index (χ1) is 10.0. The van der Waals surface area contributed by atoms with Gasteiger partial charge >= 0.3 is 5.69 Å². The zero-order chi connectivity index (χ0) is 15.4. The van der Waals surface area contributed by atoms with Crippen LogP contribution in [0.4, 0.5) is 10.1 Å². The number of hydrogen-bond acceptors (Lipinski definition) is 4. The molecular weight excluding hydrogens is 299 g/mol. The number of halogens is 2. The van der Waals surface area contributed by atoms with Crippen LogP contribution in [0.5, 0.6) is 5.75 Å². The van der Waals surface area contributed by atoms with Gasteiger partial charge in [0.25, 0.3) is 0 Å². The Balaban J connectivity index is 2.21. The fourth-order valence-corrected chi connectivity index (χ4v) is 1.83. The maximum atomic E-state index is 13.2. The van der Waals surface area contributed by atoms with Gasteiger partial charge in [-0.3, -0.25) is 10.1 Å². The van der Waals surface area contributed by atoms with E-state index in [1.54, 1.807) is 6.07 Å². The SMILES string of the molecule is N#Cc1cc(COc2ccc(Cl)cc2[N+](=O)[O-])ccc1F. The summed E-state index contributed by atoms with van der Waals surface area (Å²) in [5.41, 5.74) is 0.157. The van der Waals surface area contributed by atoms with Crippen molar-refractivity contribution in [1.29, 1.82) is 5.26 Å². The van der Waals surface area contributed by atoms with Crippen molar-refractivity contribution in [1.82, 2.24) is 0 Å². The molecule has 106 valence electrons. The average molecular weight is 307 g/mol. The van der Waals surface area contributed by atoms with E-state index in [-0.39, 0.29) is 28.6 Å². The lowest BCUT2D eigenvalue weighted by Gasteiger charge is -2.07. The van der Waals surface area contributed by atoms with Gasteiger partial charge in [0.05, 0.1) is 10.5 Å². The zero-order valence-corrected chi connectivity index (χ0v) is 11.3. The molecule has 0 radical (unpaired) electrons. The summed E-state index contributed by atoms with van der Waals surface area (Å²) in [7, 11) is 0. The van der Waals surface area contributed by atoms with E-state index in [0.717, 1.165) is 6.07 Å². The van der Waals surface area contributed by atoms with E-state index in [1.165, 1.54) is 30.3 Å². The van der Waals surface area contributed by atoms with Crippen molar-refractivity contribution in [3.05, 3.63) is 68.5 Å². The molecule has 2 rings (SSSR count). The molecule has 0 aliphatic rings. The summed E-state index contributed by atoms with van der Waals surface area (Å²) < 4.78 is 18.5. The lowest BCUT2D eigenvalue weighted by Crippen LogP contribution is -2.00. The van der Waals surface area contributed by atoms with Gasteiger partial charge in [0.15, 0.2) is 5.75 Å². The molecule has 0 bridgehead atoms. The van der Waals surface area contributed by atoms with Crippen molar-refractivity contribution in [3.63, 3.8) is 0 Å². The second-order valence-electron chi connectivity index (χ2n) is 4.08. The van der Waals surface area contributed by atoms with Gasteiger partial charge in [-0.05, 0) is 29.8 Å². The summed E-state index contributed by atoms with van der Waals surface area (Å²) in [5.74, 6) is -0.578. The first kappa shape index (κ1) is 14.8. The van der Waals surface area contributed by atoms with Gasteiger partial charge in [0, 0.05) is 11.1 Å². The van der Waals surface area contributed by atoms with Crippen LogP contribution in [0.3, 0.4) is 0 Å². The quantitative estimate of drug-likeness (QED) is 0.635. The van der Waals surface area contributed by atoms with E-state index in [9.17, 15) is 14.5 Å². The number of nitriles is 1. The molecule has 0 unspecified atom stereocenters. The van der Waals surface area contributed by atoms with Crippen molar-refractivity contribution < 1.29 is 14.1 Å². The minimum absolute atomic E-state index is 0.0303. The van der Waals surface area contributed by atoms with Gasteiger partial charge in [0.1, 0.15) is 18.5 Å². The second-order valence-corrected chi connectivity index (χ2v) is 4.52. The summed E-state index contributed by atoms with van der Waals surface area (Å²) in [6.07, 6.45) is 0. The summed E-state index contributed by atoms with van der Waals surface area (Å²) in [6, 6.07) is 9.67. The van der Waals surface area contributed by atoms with Gasteiger partial charge in [-0.2, -0.15) is 5.26 Å². The largest absolute Gasteiger partial charge is 0.482 e. The molecule has 0 spiro atoms. The second kappa shape index (κ2) is 6.20. The molecule has 2 aromatic carbocycles. The lowest BCUT2D eigenvalue weighted by atomic mass is 10.1. The molecule has 0 atom stereocenters. The van der Waals surface area contributed by atoms with Crippen LogP contribution in [0.25, 0.3) is 0 Å². The van der Waals surface area contributed by atoms with Crippen LogP contribution >= 0.6 is 11.6 Å². The molecule has 0 fully saturated rings. The van der Waals surface area contributed by atoms with Gasteiger partial charge in [-0.15, -0.1) is 0 Å². The van der Waals surface area contributed by atoms with E-state index in [4.69, 9.17) is 21.6 Å². The molecular formula is C14H8ClFN2O3. The van der Waals surface area contributed by atoms with Crippen LogP contribution in [0.1, 0.15) is 11.1 Å². The van der Waals surface area contributed by atoms with E-state index >= 15 is 0 Å². The summed E-state index contributed by atoms with van der Waals surface area (Å²) in [4.78, 5) is 10.3. The van der Waals surface area contributed by atoms with Crippen LogP contribution in [0, 0.1) is 27.3 Å². The third kappa shape index (κ3) is 3.46. The van der Waals surface area contributed by atoms with Crippen LogP contribution < -0.4 is 4.74 Å². The highest BCUT2D eigenvalue weighted by Gasteiger charge is 2.16. The summed E-state index contributed by atoms with van der Waals surface area (Å²) in [6.45, 7) is -0.0303. The minimum Gasteiger partial charge on any atom is -0.482 e. The fraction of sp³-hybridized carbons (Fsp3) is 0.0714. The van der Waals surface area contributed by atoms with E-state index in [2.05, 4.69) is 0 Å². The number of nitro benzene ring substituents is 1. The minimum atomic E-state index is -0.626. The predicted molar refractivity (Wildman–Crippen MR) is 73.6 cm³/mol. The van der Waals surface area contributed by atoms with Gasteiger partial charge in [-0.1, -0.05) is 17.7 Å². The average Bonchev–Trinajstić information content (AvgIpc) is 2.47. The number of ether oxygens (including phenoxy) is 1. The predicted octanol–water partition coefficient (Wildman–Crippen LogP) is 3.84. The number of hydrogen-bond donors (Lipinski definition) is 0. The Hall–Kier alpha value is -2.65. The number of nitro groups is 1. The van der Waals surface area contributed by atoms with Gasteiger partial charge in [-0.25, -0.2) is 4.39 Å². The highest BCUT2D eigenvalue weighted by molar-refractivity contribution is 6.30. The standard InChI is InChI=1S/C14H8ClFN2O3/c15-11-2-4-14(13(6-11)18(19)20)21-8-9-1-3-12(16)10(5-9)7-17/h1-6H,8H2. The molecule has 0 amide bonds. The maximum absolute atomic E-state index is 13.2. The molecule has 21 heavy (non-hydrogen) atoms. The summed E-state index contributed by atoms with van der Waals surface area (Å²) >= 11 is 5.70. The first-order valence-electron chi connectivity index (χ1n) is 5.76. The van der Waals surface area contributed by atoms with Gasteiger partial charge in [0.2, 0.25) is 0 Å². The third-order valence-corrected chi connectivity index (χ3v) is 2.90. The maximum Gasteiger partial charge on any atom is 0.312 e. The van der Waals surface area contributed by atoms with Crippen molar-refractivity contribution in [2.24, 2.45) is 0 Å². The van der Waals surface area contributed by atoms with Crippen LogP contribution in [-0.2, 0) is 6.61 Å². The molecule has 0 heterocycles. The third-order valence-electron chi connectivity index (χ3n) is 2.66. The fourth-order valence-electron chi connectivity index (χ4n) is 1.66. The molecule has 0 aliphatic carbocycles. The molecule has 0 aromatic heterocycles. The summed E-state index contributed by atoms with van der Waals surface area (Å²) in [5, 5.41) is 19.9. The van der Waals surface area contributed by atoms with Crippen molar-refractivity contribution in [2.75, 3.05) is 0 Å². The Labute approximate surface area is 124 Å². The Morgan fingerprint density at radius 2 is 2.10 bits per heavy atom. The molecule has 0 saturated heterocycles. The smallest absolute Gasteiger partial charge is 0.312 e. The van der Waals surface area contributed by atoms with E-state index in [0.29, 0.717) is 5.56 Å². The van der Waals surface area contributed by atoms with Crippen LogP contribution in [0.2, 0.25) is 5.02 Å². The zero-order valence-electron chi connectivity index (χ0n) is 10.5. The van der Waals surface area contributed by atoms with Crippen molar-refractivity contribution in [3.8, 4) is 11.8 Å². The van der Waals surface area contributed by atoms with Crippen molar-refractivity contribution in [2.45, 2.75) is 6.61 Å². The number of rotatable bonds is 4. The highest BCUT2D eigenvalue weighted by Crippen LogP contribution is 2.30.